The molecule has 2 N–H and O–H groups in total. The van der Waals surface area contributed by atoms with Gasteiger partial charge in [0.2, 0.25) is 0 Å². The highest BCUT2D eigenvalue weighted by molar-refractivity contribution is 5.80. The van der Waals surface area contributed by atoms with E-state index in [9.17, 15) is 26.3 Å². The predicted octanol–water partition coefficient (Wildman–Crippen LogP) is 4.52. The van der Waals surface area contributed by atoms with Crippen molar-refractivity contribution in [2.24, 2.45) is 5.92 Å². The predicted molar refractivity (Wildman–Crippen MR) is 72.7 cm³/mol. The smallest absolute Gasteiger partial charge is 0.341 e. The Morgan fingerprint density at radius 1 is 1.04 bits per heavy atom. The topological polar surface area (TPSA) is 40.7 Å². The molecule has 0 bridgehead atoms. The lowest BCUT2D eigenvalue weighted by molar-refractivity contribution is -0.142. The van der Waals surface area contributed by atoms with Crippen molar-refractivity contribution in [3.63, 3.8) is 0 Å². The number of benzene rings is 1. The van der Waals surface area contributed by atoms with E-state index in [2.05, 4.69) is 15.3 Å². The van der Waals surface area contributed by atoms with Crippen molar-refractivity contribution in [3.8, 4) is 0 Å². The first kappa shape index (κ1) is 17.6. The first-order chi connectivity index (χ1) is 10.4. The molecule has 0 aliphatic rings. The van der Waals surface area contributed by atoms with E-state index in [0.717, 1.165) is 0 Å². The summed E-state index contributed by atoms with van der Waals surface area (Å²) in [6, 6.07) is 0.336. The lowest BCUT2D eigenvalue weighted by Crippen LogP contribution is -2.22. The Morgan fingerprint density at radius 2 is 1.65 bits per heavy atom. The summed E-state index contributed by atoms with van der Waals surface area (Å²) < 4.78 is 77.8. The van der Waals surface area contributed by atoms with Gasteiger partial charge in [0, 0.05) is 0 Å². The zero-order valence-electron chi connectivity index (χ0n) is 12.5. The lowest BCUT2D eigenvalue weighted by Gasteiger charge is -2.17. The quantitative estimate of drug-likeness (QED) is 0.808. The number of imidazole rings is 1. The molecule has 2 rings (SSSR count). The van der Waals surface area contributed by atoms with E-state index in [0.29, 0.717) is 6.07 Å². The SMILES string of the molecule is CN[C@H](c1nc2c(C(F)(F)F)cc(C(F)(F)F)cc2[nH]1)C(C)C. The van der Waals surface area contributed by atoms with Gasteiger partial charge in [0.25, 0.3) is 0 Å². The summed E-state index contributed by atoms with van der Waals surface area (Å²) in [5, 5.41) is 2.88. The number of fused-ring (bicyclic) bond motifs is 1. The maximum absolute atomic E-state index is 13.1. The minimum absolute atomic E-state index is 0.0167. The molecule has 128 valence electrons. The van der Waals surface area contributed by atoms with E-state index < -0.39 is 35.0 Å². The summed E-state index contributed by atoms with van der Waals surface area (Å²) >= 11 is 0. The maximum Gasteiger partial charge on any atom is 0.418 e. The number of hydrogen-bond acceptors (Lipinski definition) is 2. The molecule has 0 aliphatic carbocycles. The maximum atomic E-state index is 13.1. The van der Waals surface area contributed by atoms with Crippen LogP contribution in [-0.2, 0) is 12.4 Å². The van der Waals surface area contributed by atoms with E-state index in [4.69, 9.17) is 0 Å². The van der Waals surface area contributed by atoms with Crippen LogP contribution in [0.3, 0.4) is 0 Å². The summed E-state index contributed by atoms with van der Waals surface area (Å²) in [4.78, 5) is 6.47. The molecule has 1 atom stereocenters. The highest BCUT2D eigenvalue weighted by Gasteiger charge is 2.39. The van der Waals surface area contributed by atoms with Crippen molar-refractivity contribution >= 4 is 11.0 Å². The largest absolute Gasteiger partial charge is 0.418 e. The molecule has 1 aromatic heterocycles. The van der Waals surface area contributed by atoms with Crippen LogP contribution in [0.25, 0.3) is 11.0 Å². The molecule has 0 saturated carbocycles. The molecule has 9 heteroatoms. The third-order valence-electron chi connectivity index (χ3n) is 3.51. The van der Waals surface area contributed by atoms with E-state index in [1.807, 2.05) is 13.8 Å². The highest BCUT2D eigenvalue weighted by Crippen LogP contribution is 2.39. The van der Waals surface area contributed by atoms with Gasteiger partial charge < -0.3 is 10.3 Å². The van der Waals surface area contributed by atoms with Crippen LogP contribution in [0.4, 0.5) is 26.3 Å². The molecule has 23 heavy (non-hydrogen) atoms. The fraction of sp³-hybridized carbons (Fsp3) is 0.500. The molecule has 1 heterocycles. The Labute approximate surface area is 128 Å². The summed E-state index contributed by atoms with van der Waals surface area (Å²) in [5.41, 5.74) is -3.56. The van der Waals surface area contributed by atoms with Gasteiger partial charge in [-0.15, -0.1) is 0 Å². The average molecular weight is 339 g/mol. The van der Waals surface area contributed by atoms with Crippen LogP contribution in [0.1, 0.15) is 36.8 Å². The molecule has 0 spiro atoms. The molecular formula is C14H15F6N3. The van der Waals surface area contributed by atoms with E-state index in [1.165, 1.54) is 0 Å². The van der Waals surface area contributed by atoms with E-state index >= 15 is 0 Å². The lowest BCUT2D eigenvalue weighted by atomic mass is 10.0. The number of H-pyrrole nitrogens is 1. The zero-order valence-corrected chi connectivity index (χ0v) is 12.5. The van der Waals surface area contributed by atoms with Gasteiger partial charge in [-0.25, -0.2) is 4.98 Å². The van der Waals surface area contributed by atoms with Gasteiger partial charge in [-0.1, -0.05) is 13.8 Å². The van der Waals surface area contributed by atoms with Crippen molar-refractivity contribution in [1.29, 1.82) is 0 Å². The number of halogens is 6. The normalized spacial score (nSPS) is 14.7. The zero-order chi connectivity index (χ0) is 17.6. The van der Waals surface area contributed by atoms with Gasteiger partial charge in [0.1, 0.15) is 11.3 Å². The molecule has 0 amide bonds. The Morgan fingerprint density at radius 3 is 2.09 bits per heavy atom. The summed E-state index contributed by atoms with van der Waals surface area (Å²) in [5.74, 6) is 0.152. The van der Waals surface area contributed by atoms with Crippen LogP contribution in [0, 0.1) is 5.92 Å². The van der Waals surface area contributed by atoms with Crippen LogP contribution >= 0.6 is 0 Å². The molecule has 0 unspecified atom stereocenters. The van der Waals surface area contributed by atoms with Crippen molar-refractivity contribution in [2.75, 3.05) is 7.05 Å². The fourth-order valence-corrected chi connectivity index (χ4v) is 2.45. The number of aromatic nitrogens is 2. The first-order valence-corrected chi connectivity index (χ1v) is 6.80. The van der Waals surface area contributed by atoms with Crippen molar-refractivity contribution in [2.45, 2.75) is 32.2 Å². The molecule has 1 aromatic carbocycles. The number of rotatable bonds is 3. The second-order valence-electron chi connectivity index (χ2n) is 5.55. The van der Waals surface area contributed by atoms with Crippen LogP contribution in [0.2, 0.25) is 0 Å². The molecule has 3 nitrogen and oxygen atoms in total. The van der Waals surface area contributed by atoms with Crippen molar-refractivity contribution in [3.05, 3.63) is 29.1 Å². The Hall–Kier alpha value is -1.77. The van der Waals surface area contributed by atoms with Gasteiger partial charge in [0.05, 0.1) is 22.7 Å². The molecule has 2 aromatic rings. The number of nitrogens with zero attached hydrogens (tertiary/aromatic N) is 1. The Balaban J connectivity index is 2.73. The van der Waals surface area contributed by atoms with Crippen molar-refractivity contribution in [1.82, 2.24) is 15.3 Å². The van der Waals surface area contributed by atoms with Crippen molar-refractivity contribution < 1.29 is 26.3 Å². The monoisotopic (exact) mass is 339 g/mol. The van der Waals surface area contributed by atoms with Crippen LogP contribution < -0.4 is 5.32 Å². The van der Waals surface area contributed by atoms with Gasteiger partial charge in [0.15, 0.2) is 0 Å². The number of alkyl halides is 6. The first-order valence-electron chi connectivity index (χ1n) is 6.80. The molecular weight excluding hydrogens is 324 g/mol. The molecule has 0 fully saturated rings. The number of nitrogens with one attached hydrogen (secondary N) is 2. The summed E-state index contributed by atoms with van der Waals surface area (Å²) in [6.45, 7) is 3.64. The van der Waals surface area contributed by atoms with Gasteiger partial charge in [-0.3, -0.25) is 0 Å². The summed E-state index contributed by atoms with van der Waals surface area (Å²) in [7, 11) is 1.60. The van der Waals surface area contributed by atoms with Crippen LogP contribution in [0.15, 0.2) is 12.1 Å². The Bertz CT molecular complexity index is 699. The molecule has 0 radical (unpaired) electrons. The molecule has 0 saturated heterocycles. The third-order valence-corrected chi connectivity index (χ3v) is 3.51. The van der Waals surface area contributed by atoms with Gasteiger partial charge in [-0.05, 0) is 25.1 Å². The van der Waals surface area contributed by atoms with Gasteiger partial charge in [-0.2, -0.15) is 26.3 Å². The van der Waals surface area contributed by atoms with E-state index in [-0.39, 0.29) is 23.3 Å². The Kier molecular flexibility index (Phi) is 4.36. The van der Waals surface area contributed by atoms with Crippen LogP contribution in [0.5, 0.6) is 0 Å². The average Bonchev–Trinajstić information content (AvgIpc) is 2.78. The number of hydrogen-bond donors (Lipinski definition) is 2. The minimum atomic E-state index is -4.93. The molecule has 0 aliphatic heterocycles. The van der Waals surface area contributed by atoms with E-state index in [1.54, 1.807) is 7.05 Å². The fourth-order valence-electron chi connectivity index (χ4n) is 2.45. The third kappa shape index (κ3) is 3.44. The van der Waals surface area contributed by atoms with Crippen LogP contribution in [-0.4, -0.2) is 17.0 Å². The standard InChI is InChI=1S/C14H15F6N3/c1-6(2)10(21-3)12-22-9-5-7(13(15,16)17)4-8(11(9)23-12)14(18,19)20/h4-6,10,21H,1-3H3,(H,22,23)/t10-/m0/s1. The highest BCUT2D eigenvalue weighted by atomic mass is 19.4. The number of aromatic amines is 1. The minimum Gasteiger partial charge on any atom is -0.341 e. The second-order valence-corrected chi connectivity index (χ2v) is 5.55. The summed E-state index contributed by atoms with van der Waals surface area (Å²) in [6.07, 6.45) is -9.81. The second kappa shape index (κ2) is 5.70. The van der Waals surface area contributed by atoms with Gasteiger partial charge >= 0.3 is 12.4 Å².